The molecule has 0 amide bonds. The van der Waals surface area contributed by atoms with Crippen LogP contribution in [0.5, 0.6) is 0 Å². The molecule has 1 N–H and O–H groups in total. The van der Waals surface area contributed by atoms with E-state index in [2.05, 4.69) is 10.2 Å². The van der Waals surface area contributed by atoms with E-state index in [1.807, 2.05) is 30.3 Å². The number of benzene rings is 1. The van der Waals surface area contributed by atoms with Gasteiger partial charge in [0, 0.05) is 6.42 Å². The molecule has 5 nitrogen and oxygen atoms in total. The van der Waals surface area contributed by atoms with E-state index in [0.717, 1.165) is 5.56 Å². The molecule has 0 atom stereocenters. The second kappa shape index (κ2) is 4.57. The van der Waals surface area contributed by atoms with Crippen LogP contribution in [0.1, 0.15) is 11.4 Å². The van der Waals surface area contributed by atoms with Crippen LogP contribution < -0.4 is 0 Å². The third-order valence-corrected chi connectivity index (χ3v) is 2.21. The number of carbonyl (C=O) groups is 1. The fourth-order valence-corrected chi connectivity index (χ4v) is 1.47. The van der Waals surface area contributed by atoms with Crippen molar-refractivity contribution in [3.8, 4) is 0 Å². The quantitative estimate of drug-likeness (QED) is 0.828. The second-order valence-corrected chi connectivity index (χ2v) is 3.43. The topological polar surface area (TPSA) is 68.0 Å². The number of carboxylic acids is 1. The third kappa shape index (κ3) is 2.44. The maximum atomic E-state index is 10.6. The van der Waals surface area contributed by atoms with E-state index in [4.69, 9.17) is 5.11 Å². The molecule has 82 valence electrons. The average Bonchev–Trinajstić information content (AvgIpc) is 2.66. The van der Waals surface area contributed by atoms with Gasteiger partial charge in [0.1, 0.15) is 18.7 Å². The van der Waals surface area contributed by atoms with Crippen LogP contribution >= 0.6 is 0 Å². The first-order chi connectivity index (χ1) is 7.75. The monoisotopic (exact) mass is 217 g/mol. The first kappa shape index (κ1) is 10.4. The number of rotatable bonds is 4. The van der Waals surface area contributed by atoms with Crippen molar-refractivity contribution in [2.45, 2.75) is 13.0 Å². The lowest BCUT2D eigenvalue weighted by atomic mass is 10.1. The van der Waals surface area contributed by atoms with Gasteiger partial charge in [-0.3, -0.25) is 4.79 Å². The van der Waals surface area contributed by atoms with E-state index >= 15 is 0 Å². The molecule has 0 fully saturated rings. The predicted octanol–water partition coefficient (Wildman–Crippen LogP) is 0.954. The minimum absolute atomic E-state index is 0.102. The molecule has 0 saturated carbocycles. The highest BCUT2D eigenvalue weighted by Crippen LogP contribution is 2.06. The van der Waals surface area contributed by atoms with Gasteiger partial charge in [-0.15, -0.1) is 10.2 Å². The molecular formula is C11H11N3O2. The van der Waals surface area contributed by atoms with E-state index in [1.165, 1.54) is 10.9 Å². The van der Waals surface area contributed by atoms with Gasteiger partial charge in [-0.2, -0.15) is 0 Å². The summed E-state index contributed by atoms with van der Waals surface area (Å²) in [5.74, 6) is -0.234. The zero-order valence-electron chi connectivity index (χ0n) is 8.58. The summed E-state index contributed by atoms with van der Waals surface area (Å²) in [5, 5.41) is 16.3. The normalized spacial score (nSPS) is 10.2. The van der Waals surface area contributed by atoms with Crippen molar-refractivity contribution in [3.63, 3.8) is 0 Å². The summed E-state index contributed by atoms with van der Waals surface area (Å²) < 4.78 is 1.54. The van der Waals surface area contributed by atoms with Gasteiger partial charge >= 0.3 is 5.97 Å². The van der Waals surface area contributed by atoms with Gasteiger partial charge in [0.2, 0.25) is 0 Å². The fourth-order valence-electron chi connectivity index (χ4n) is 1.47. The lowest BCUT2D eigenvalue weighted by molar-refractivity contribution is -0.137. The van der Waals surface area contributed by atoms with Crippen LogP contribution in [0, 0.1) is 0 Å². The summed E-state index contributed by atoms with van der Waals surface area (Å²) in [5.41, 5.74) is 1.09. The molecule has 1 aromatic carbocycles. The van der Waals surface area contributed by atoms with Crippen LogP contribution in [0.3, 0.4) is 0 Å². The second-order valence-electron chi connectivity index (χ2n) is 3.43. The summed E-state index contributed by atoms with van der Waals surface area (Å²) in [6, 6.07) is 9.76. The molecule has 0 radical (unpaired) electrons. The lowest BCUT2D eigenvalue weighted by Gasteiger charge is -2.03. The molecule has 16 heavy (non-hydrogen) atoms. The SMILES string of the molecule is O=C(O)Cn1cnnc1Cc1ccccc1. The Bertz CT molecular complexity index is 479. The van der Waals surface area contributed by atoms with Gasteiger partial charge in [0.25, 0.3) is 0 Å². The summed E-state index contributed by atoms with van der Waals surface area (Å²) >= 11 is 0. The number of aliphatic carboxylic acids is 1. The smallest absolute Gasteiger partial charge is 0.323 e. The zero-order chi connectivity index (χ0) is 11.4. The molecule has 0 spiro atoms. The van der Waals surface area contributed by atoms with Crippen LogP contribution in [-0.4, -0.2) is 25.8 Å². The Morgan fingerprint density at radius 2 is 2.06 bits per heavy atom. The molecule has 2 aromatic rings. The van der Waals surface area contributed by atoms with E-state index in [1.54, 1.807) is 0 Å². The van der Waals surface area contributed by atoms with Crippen LogP contribution in [0.25, 0.3) is 0 Å². The van der Waals surface area contributed by atoms with E-state index in [9.17, 15) is 4.79 Å². The van der Waals surface area contributed by atoms with Crippen molar-refractivity contribution in [1.82, 2.24) is 14.8 Å². The molecule has 1 aromatic heterocycles. The molecule has 0 saturated heterocycles. The van der Waals surface area contributed by atoms with Crippen molar-refractivity contribution in [2.24, 2.45) is 0 Å². The Kier molecular flexibility index (Phi) is 2.95. The standard InChI is InChI=1S/C11H11N3O2/c15-11(16)7-14-8-12-13-10(14)6-9-4-2-1-3-5-9/h1-5,8H,6-7H2,(H,15,16). The molecule has 2 rings (SSSR count). The summed E-state index contributed by atoms with van der Waals surface area (Å²) in [4.78, 5) is 10.6. The Hall–Kier alpha value is -2.17. The third-order valence-electron chi connectivity index (χ3n) is 2.21. The highest BCUT2D eigenvalue weighted by molar-refractivity contribution is 5.66. The van der Waals surface area contributed by atoms with Crippen LogP contribution in [-0.2, 0) is 17.8 Å². The Morgan fingerprint density at radius 3 is 2.75 bits per heavy atom. The van der Waals surface area contributed by atoms with E-state index in [0.29, 0.717) is 12.2 Å². The number of hydrogen-bond acceptors (Lipinski definition) is 3. The van der Waals surface area contributed by atoms with Gasteiger partial charge in [-0.05, 0) is 5.56 Å². The molecule has 5 heteroatoms. The molecule has 0 aliphatic heterocycles. The number of nitrogens with zero attached hydrogens (tertiary/aromatic N) is 3. The highest BCUT2D eigenvalue weighted by atomic mass is 16.4. The minimum Gasteiger partial charge on any atom is -0.480 e. The highest BCUT2D eigenvalue weighted by Gasteiger charge is 2.07. The van der Waals surface area contributed by atoms with Gasteiger partial charge < -0.3 is 9.67 Å². The average molecular weight is 217 g/mol. The van der Waals surface area contributed by atoms with Gasteiger partial charge in [0.05, 0.1) is 0 Å². The van der Waals surface area contributed by atoms with Gasteiger partial charge in [-0.25, -0.2) is 0 Å². The number of aromatic nitrogens is 3. The van der Waals surface area contributed by atoms with Crippen LogP contribution in [0.2, 0.25) is 0 Å². The molecule has 0 aliphatic carbocycles. The van der Waals surface area contributed by atoms with Crippen molar-refractivity contribution >= 4 is 5.97 Å². The van der Waals surface area contributed by atoms with Gasteiger partial charge in [0.15, 0.2) is 0 Å². The van der Waals surface area contributed by atoms with Crippen LogP contribution in [0.15, 0.2) is 36.7 Å². The maximum Gasteiger partial charge on any atom is 0.323 e. The zero-order valence-corrected chi connectivity index (χ0v) is 8.58. The van der Waals surface area contributed by atoms with Crippen LogP contribution in [0.4, 0.5) is 0 Å². The number of carboxylic acid groups (broad SMARTS) is 1. The maximum absolute atomic E-state index is 10.6. The Balaban J connectivity index is 2.16. The Labute approximate surface area is 92.4 Å². The Morgan fingerprint density at radius 1 is 1.31 bits per heavy atom. The van der Waals surface area contributed by atoms with E-state index < -0.39 is 5.97 Å². The van der Waals surface area contributed by atoms with Crippen molar-refractivity contribution < 1.29 is 9.90 Å². The summed E-state index contributed by atoms with van der Waals surface area (Å²) in [6.07, 6.45) is 2.03. The molecular weight excluding hydrogens is 206 g/mol. The lowest BCUT2D eigenvalue weighted by Crippen LogP contribution is -2.11. The molecule has 0 aliphatic rings. The van der Waals surface area contributed by atoms with Gasteiger partial charge in [-0.1, -0.05) is 30.3 Å². The largest absolute Gasteiger partial charge is 0.480 e. The first-order valence-corrected chi connectivity index (χ1v) is 4.88. The molecule has 0 bridgehead atoms. The summed E-state index contributed by atoms with van der Waals surface area (Å²) in [6.45, 7) is -0.102. The van der Waals surface area contributed by atoms with E-state index in [-0.39, 0.29) is 6.54 Å². The summed E-state index contributed by atoms with van der Waals surface area (Å²) in [7, 11) is 0. The van der Waals surface area contributed by atoms with Crippen molar-refractivity contribution in [1.29, 1.82) is 0 Å². The predicted molar refractivity (Wildman–Crippen MR) is 56.9 cm³/mol. The number of hydrogen-bond donors (Lipinski definition) is 1. The molecule has 0 unspecified atom stereocenters. The van der Waals surface area contributed by atoms with Crippen molar-refractivity contribution in [3.05, 3.63) is 48.0 Å². The minimum atomic E-state index is -0.894. The van der Waals surface area contributed by atoms with Crippen molar-refractivity contribution in [2.75, 3.05) is 0 Å². The first-order valence-electron chi connectivity index (χ1n) is 4.88. The fraction of sp³-hybridized carbons (Fsp3) is 0.182. The molecule has 1 heterocycles.